The summed E-state index contributed by atoms with van der Waals surface area (Å²) in [5.74, 6) is 3.22. The molecule has 0 radical (unpaired) electrons. The minimum absolute atomic E-state index is 0.0102. The Kier molecular flexibility index (Phi) is 5.51. The maximum atomic E-state index is 12.9. The molecule has 2 unspecified atom stereocenters. The van der Waals surface area contributed by atoms with Crippen molar-refractivity contribution >= 4 is 11.8 Å². The Morgan fingerprint density at radius 2 is 1.62 bits per heavy atom. The van der Waals surface area contributed by atoms with E-state index in [2.05, 4.69) is 0 Å². The van der Waals surface area contributed by atoms with Gasteiger partial charge in [0.25, 0.3) is 5.91 Å². The minimum atomic E-state index is -0.0717. The van der Waals surface area contributed by atoms with Crippen LogP contribution in [0.5, 0.6) is 23.0 Å². The topological polar surface area (TPSA) is 77.5 Å². The van der Waals surface area contributed by atoms with Gasteiger partial charge in [0.15, 0.2) is 18.1 Å². The third kappa shape index (κ3) is 4.17. The molecule has 2 heterocycles. The van der Waals surface area contributed by atoms with E-state index in [4.69, 9.17) is 18.9 Å². The van der Waals surface area contributed by atoms with Crippen molar-refractivity contribution in [1.29, 1.82) is 0 Å². The number of piperazine rings is 1. The molecule has 2 amide bonds. The van der Waals surface area contributed by atoms with Crippen molar-refractivity contribution in [2.75, 3.05) is 46.7 Å². The lowest BCUT2D eigenvalue weighted by atomic mass is 10.1. The molecule has 5 rings (SSSR count). The summed E-state index contributed by atoms with van der Waals surface area (Å²) in [6.07, 6.45) is 0.854. The van der Waals surface area contributed by atoms with E-state index in [1.165, 1.54) is 0 Å². The molecule has 168 valence electrons. The third-order valence-corrected chi connectivity index (χ3v) is 6.30. The van der Waals surface area contributed by atoms with Gasteiger partial charge in [0.2, 0.25) is 12.7 Å². The predicted octanol–water partition coefficient (Wildman–Crippen LogP) is 2.28. The molecule has 1 saturated carbocycles. The number of fused-ring (bicyclic) bond motifs is 1. The Hall–Kier alpha value is -3.42. The number of hydrogen-bond acceptors (Lipinski definition) is 6. The van der Waals surface area contributed by atoms with Gasteiger partial charge in [-0.3, -0.25) is 9.59 Å². The average Bonchev–Trinajstić information content (AvgIpc) is 3.51. The lowest BCUT2D eigenvalue weighted by Crippen LogP contribution is -2.52. The van der Waals surface area contributed by atoms with Crippen LogP contribution in [-0.2, 0) is 9.59 Å². The van der Waals surface area contributed by atoms with E-state index >= 15 is 0 Å². The summed E-state index contributed by atoms with van der Waals surface area (Å²) in [7, 11) is 1.60. The lowest BCUT2D eigenvalue weighted by Gasteiger charge is -2.35. The van der Waals surface area contributed by atoms with E-state index in [-0.39, 0.29) is 37.0 Å². The fraction of sp³-hybridized carbons (Fsp3) is 0.417. The van der Waals surface area contributed by atoms with Crippen LogP contribution in [0.2, 0.25) is 0 Å². The van der Waals surface area contributed by atoms with E-state index in [0.717, 1.165) is 29.2 Å². The SMILES string of the molecule is COc1ccc(OCC(=O)N2CCN(C(=O)C3CC3c3ccc4c(c3)OCO4)CC2)cc1. The highest BCUT2D eigenvalue weighted by Gasteiger charge is 2.46. The van der Waals surface area contributed by atoms with Crippen LogP contribution < -0.4 is 18.9 Å². The number of hydrogen-bond donors (Lipinski definition) is 0. The lowest BCUT2D eigenvalue weighted by molar-refractivity contribution is -0.141. The number of carbonyl (C=O) groups excluding carboxylic acids is 2. The molecule has 32 heavy (non-hydrogen) atoms. The number of amides is 2. The van der Waals surface area contributed by atoms with Crippen LogP contribution in [0.4, 0.5) is 0 Å². The van der Waals surface area contributed by atoms with Gasteiger partial charge in [-0.15, -0.1) is 0 Å². The molecule has 0 aromatic heterocycles. The van der Waals surface area contributed by atoms with Crippen molar-refractivity contribution in [3.8, 4) is 23.0 Å². The molecule has 8 heteroatoms. The van der Waals surface area contributed by atoms with Crippen LogP contribution in [0.15, 0.2) is 42.5 Å². The number of benzene rings is 2. The van der Waals surface area contributed by atoms with Crippen LogP contribution in [-0.4, -0.2) is 68.3 Å². The minimum Gasteiger partial charge on any atom is -0.497 e. The quantitative estimate of drug-likeness (QED) is 0.689. The molecule has 0 spiro atoms. The van der Waals surface area contributed by atoms with Crippen molar-refractivity contribution in [1.82, 2.24) is 9.80 Å². The summed E-state index contributed by atoms with van der Waals surface area (Å²) in [5.41, 5.74) is 1.12. The van der Waals surface area contributed by atoms with Gasteiger partial charge in [0.05, 0.1) is 7.11 Å². The highest BCUT2D eigenvalue weighted by atomic mass is 16.7. The molecule has 2 aromatic rings. The second kappa shape index (κ2) is 8.61. The Morgan fingerprint density at radius 3 is 2.38 bits per heavy atom. The van der Waals surface area contributed by atoms with Gasteiger partial charge < -0.3 is 28.7 Å². The van der Waals surface area contributed by atoms with E-state index in [9.17, 15) is 9.59 Å². The Morgan fingerprint density at radius 1 is 0.938 bits per heavy atom. The molecule has 2 atom stereocenters. The monoisotopic (exact) mass is 438 g/mol. The van der Waals surface area contributed by atoms with Gasteiger partial charge in [-0.25, -0.2) is 0 Å². The van der Waals surface area contributed by atoms with Crippen LogP contribution in [0.1, 0.15) is 17.9 Å². The van der Waals surface area contributed by atoms with Crippen LogP contribution in [0, 0.1) is 5.92 Å². The number of nitrogens with zero attached hydrogens (tertiary/aromatic N) is 2. The van der Waals surface area contributed by atoms with E-state index in [1.807, 2.05) is 23.1 Å². The second-order valence-electron chi connectivity index (χ2n) is 8.23. The summed E-state index contributed by atoms with van der Waals surface area (Å²) in [4.78, 5) is 29.1. The zero-order valence-corrected chi connectivity index (χ0v) is 18.0. The average molecular weight is 438 g/mol. The third-order valence-electron chi connectivity index (χ3n) is 6.30. The number of ether oxygens (including phenoxy) is 4. The Labute approximate surface area is 186 Å². The fourth-order valence-corrected chi connectivity index (χ4v) is 4.30. The van der Waals surface area contributed by atoms with Gasteiger partial charge in [-0.1, -0.05) is 6.07 Å². The van der Waals surface area contributed by atoms with Gasteiger partial charge in [-0.2, -0.15) is 0 Å². The zero-order chi connectivity index (χ0) is 22.1. The van der Waals surface area contributed by atoms with Crippen molar-refractivity contribution in [2.45, 2.75) is 12.3 Å². The molecule has 2 aliphatic heterocycles. The summed E-state index contributed by atoms with van der Waals surface area (Å²) in [6, 6.07) is 13.0. The first-order valence-corrected chi connectivity index (χ1v) is 10.9. The van der Waals surface area contributed by atoms with Crippen LogP contribution in [0.25, 0.3) is 0 Å². The predicted molar refractivity (Wildman–Crippen MR) is 115 cm³/mol. The van der Waals surface area contributed by atoms with E-state index < -0.39 is 0 Å². The zero-order valence-electron chi connectivity index (χ0n) is 18.0. The number of rotatable bonds is 6. The summed E-state index contributed by atoms with van der Waals surface area (Å²) < 4.78 is 21.5. The van der Waals surface area contributed by atoms with Gasteiger partial charge in [0, 0.05) is 32.1 Å². The van der Waals surface area contributed by atoms with Crippen LogP contribution in [0.3, 0.4) is 0 Å². The normalized spacial score (nSPS) is 21.3. The molecule has 2 aromatic carbocycles. The van der Waals surface area contributed by atoms with Crippen molar-refractivity contribution < 1.29 is 28.5 Å². The van der Waals surface area contributed by atoms with E-state index in [0.29, 0.717) is 31.9 Å². The summed E-state index contributed by atoms with van der Waals surface area (Å²) in [5, 5.41) is 0. The highest BCUT2D eigenvalue weighted by Crippen LogP contribution is 2.50. The summed E-state index contributed by atoms with van der Waals surface area (Å²) >= 11 is 0. The molecule has 0 bridgehead atoms. The first-order valence-electron chi connectivity index (χ1n) is 10.9. The molecule has 8 nitrogen and oxygen atoms in total. The largest absolute Gasteiger partial charge is 0.497 e. The second-order valence-corrected chi connectivity index (χ2v) is 8.23. The molecule has 3 aliphatic rings. The first-order chi connectivity index (χ1) is 15.6. The van der Waals surface area contributed by atoms with Crippen molar-refractivity contribution in [3.63, 3.8) is 0 Å². The molecular formula is C24H26N2O6. The maximum absolute atomic E-state index is 12.9. The standard InChI is InChI=1S/C24H26N2O6/c1-29-17-3-5-18(6-4-17)30-14-23(27)25-8-10-26(11-9-25)24(28)20-13-19(20)16-2-7-21-22(12-16)32-15-31-21/h2-7,12,19-20H,8-11,13-15H2,1H3. The number of methoxy groups -OCH3 is 1. The summed E-state index contributed by atoms with van der Waals surface area (Å²) in [6.45, 7) is 2.39. The van der Waals surface area contributed by atoms with Crippen molar-refractivity contribution in [3.05, 3.63) is 48.0 Å². The highest BCUT2D eigenvalue weighted by molar-refractivity contribution is 5.84. The number of carbonyl (C=O) groups is 2. The van der Waals surface area contributed by atoms with Crippen molar-refractivity contribution in [2.24, 2.45) is 5.92 Å². The first kappa shape index (κ1) is 20.5. The molecule has 1 aliphatic carbocycles. The van der Waals surface area contributed by atoms with Gasteiger partial charge in [-0.05, 0) is 54.3 Å². The smallest absolute Gasteiger partial charge is 0.260 e. The Balaban J connectivity index is 1.08. The fourth-order valence-electron chi connectivity index (χ4n) is 4.30. The molecular weight excluding hydrogens is 412 g/mol. The molecule has 2 fully saturated rings. The molecule has 1 saturated heterocycles. The van der Waals surface area contributed by atoms with Gasteiger partial charge in [0.1, 0.15) is 11.5 Å². The Bertz CT molecular complexity index is 1000. The van der Waals surface area contributed by atoms with Crippen LogP contribution >= 0.6 is 0 Å². The van der Waals surface area contributed by atoms with Gasteiger partial charge >= 0.3 is 0 Å². The maximum Gasteiger partial charge on any atom is 0.260 e. The molecule has 0 N–H and O–H groups in total. The van der Waals surface area contributed by atoms with E-state index in [1.54, 1.807) is 36.3 Å².